The van der Waals surface area contributed by atoms with E-state index in [-0.39, 0.29) is 18.5 Å². The maximum Gasteiger partial charge on any atom is 0.433 e. The van der Waals surface area contributed by atoms with Crippen molar-refractivity contribution in [1.29, 1.82) is 0 Å². The summed E-state index contributed by atoms with van der Waals surface area (Å²) in [5.74, 6) is 0.383. The molecule has 0 bridgehead atoms. The number of halogens is 3. The Kier molecular flexibility index (Phi) is 4.73. The van der Waals surface area contributed by atoms with E-state index in [1.807, 2.05) is 12.1 Å². The van der Waals surface area contributed by atoms with Crippen LogP contribution in [0.4, 0.5) is 24.8 Å². The molecule has 1 amide bonds. The van der Waals surface area contributed by atoms with Crippen LogP contribution < -0.4 is 15.0 Å². The van der Waals surface area contributed by atoms with Gasteiger partial charge in [0.2, 0.25) is 5.95 Å². The lowest BCUT2D eigenvalue weighted by Crippen LogP contribution is -2.39. The van der Waals surface area contributed by atoms with Crippen LogP contribution >= 0.6 is 0 Å². The number of nitrogens with zero attached hydrogens (tertiary/aromatic N) is 3. The number of fused-ring (bicyclic) bond motifs is 1. The number of ether oxygens (including phenoxy) is 1. The molecular formula is C16H15F3N4O2. The molecule has 0 spiro atoms. The number of anilines is 2. The zero-order chi connectivity index (χ0) is 17.9. The minimum atomic E-state index is -4.51. The molecule has 25 heavy (non-hydrogen) atoms. The Morgan fingerprint density at radius 1 is 1.24 bits per heavy atom. The summed E-state index contributed by atoms with van der Waals surface area (Å²) >= 11 is 0. The van der Waals surface area contributed by atoms with Gasteiger partial charge in [0, 0.05) is 19.3 Å². The highest BCUT2D eigenvalue weighted by molar-refractivity contribution is 5.97. The molecule has 1 aromatic carbocycles. The van der Waals surface area contributed by atoms with Gasteiger partial charge in [0.05, 0.1) is 5.69 Å². The van der Waals surface area contributed by atoms with E-state index in [4.69, 9.17) is 4.74 Å². The molecule has 1 aliphatic heterocycles. The highest BCUT2D eigenvalue weighted by Crippen LogP contribution is 2.31. The van der Waals surface area contributed by atoms with E-state index >= 15 is 0 Å². The van der Waals surface area contributed by atoms with Crippen LogP contribution in [0.5, 0.6) is 5.75 Å². The van der Waals surface area contributed by atoms with Gasteiger partial charge in [-0.1, -0.05) is 12.1 Å². The van der Waals surface area contributed by atoms with Gasteiger partial charge in [-0.3, -0.25) is 4.79 Å². The lowest BCUT2D eigenvalue weighted by Gasteiger charge is -2.29. The van der Waals surface area contributed by atoms with Crippen molar-refractivity contribution in [2.24, 2.45) is 0 Å². The first kappa shape index (κ1) is 17.0. The fourth-order valence-corrected chi connectivity index (χ4v) is 2.44. The van der Waals surface area contributed by atoms with Gasteiger partial charge in [0.1, 0.15) is 11.4 Å². The van der Waals surface area contributed by atoms with Crippen molar-refractivity contribution in [3.8, 4) is 5.75 Å². The number of aromatic nitrogens is 2. The van der Waals surface area contributed by atoms with Gasteiger partial charge in [-0.2, -0.15) is 13.2 Å². The van der Waals surface area contributed by atoms with Crippen LogP contribution in [0.1, 0.15) is 12.1 Å². The Hall–Kier alpha value is -2.84. The second-order valence-corrected chi connectivity index (χ2v) is 5.35. The van der Waals surface area contributed by atoms with Crippen LogP contribution in [0.3, 0.4) is 0 Å². The van der Waals surface area contributed by atoms with Crippen molar-refractivity contribution >= 4 is 17.5 Å². The standard InChI is InChI=1S/C16H15F3N4O2/c17-16(18,19)13-6-8-21-15(22-13)20-7-3-9-23-11-4-1-2-5-12(11)25-10-14(23)24/h1-2,4-6,8H,3,7,9-10H2,(H,20,21,22). The number of carbonyl (C=O) groups excluding carboxylic acids is 1. The van der Waals surface area contributed by atoms with Crippen molar-refractivity contribution in [3.05, 3.63) is 42.2 Å². The second kappa shape index (κ2) is 6.96. The average molecular weight is 352 g/mol. The minimum absolute atomic E-state index is 0.0266. The number of para-hydroxylation sites is 2. The number of amides is 1. The zero-order valence-corrected chi connectivity index (χ0v) is 13.1. The highest BCUT2D eigenvalue weighted by atomic mass is 19.4. The molecule has 0 saturated heterocycles. The topological polar surface area (TPSA) is 67.3 Å². The Balaban J connectivity index is 1.56. The Bertz CT molecular complexity index is 767. The van der Waals surface area contributed by atoms with E-state index in [0.717, 1.165) is 12.3 Å². The third kappa shape index (κ3) is 3.98. The smallest absolute Gasteiger partial charge is 0.433 e. The molecule has 132 valence electrons. The van der Waals surface area contributed by atoms with E-state index in [1.54, 1.807) is 17.0 Å². The molecule has 0 atom stereocenters. The second-order valence-electron chi connectivity index (χ2n) is 5.35. The van der Waals surface area contributed by atoms with Gasteiger partial charge in [0.25, 0.3) is 5.91 Å². The molecule has 1 aliphatic rings. The third-order valence-corrected chi connectivity index (χ3v) is 3.60. The Labute approximate surface area is 141 Å². The summed E-state index contributed by atoms with van der Waals surface area (Å²) in [5, 5.41) is 2.74. The number of hydrogen-bond donors (Lipinski definition) is 1. The molecule has 1 aromatic heterocycles. The molecule has 0 aliphatic carbocycles. The van der Waals surface area contributed by atoms with E-state index in [2.05, 4.69) is 15.3 Å². The van der Waals surface area contributed by atoms with Crippen molar-refractivity contribution in [2.75, 3.05) is 29.9 Å². The van der Waals surface area contributed by atoms with Gasteiger partial charge in [-0.25, -0.2) is 9.97 Å². The summed E-state index contributed by atoms with van der Waals surface area (Å²) in [6.07, 6.45) is -2.94. The van der Waals surface area contributed by atoms with Gasteiger partial charge in [-0.05, 0) is 24.6 Å². The molecule has 0 saturated carbocycles. The summed E-state index contributed by atoms with van der Waals surface area (Å²) in [4.78, 5) is 20.8. The zero-order valence-electron chi connectivity index (χ0n) is 13.1. The van der Waals surface area contributed by atoms with Crippen molar-refractivity contribution < 1.29 is 22.7 Å². The quantitative estimate of drug-likeness (QED) is 0.838. The average Bonchev–Trinajstić information content (AvgIpc) is 2.60. The number of hydrogen-bond acceptors (Lipinski definition) is 5. The molecule has 3 rings (SSSR count). The Morgan fingerprint density at radius 2 is 2.04 bits per heavy atom. The Morgan fingerprint density at radius 3 is 2.84 bits per heavy atom. The van der Waals surface area contributed by atoms with Crippen molar-refractivity contribution in [2.45, 2.75) is 12.6 Å². The maximum atomic E-state index is 12.6. The molecule has 0 fully saturated rings. The van der Waals surface area contributed by atoms with E-state index in [1.165, 1.54) is 0 Å². The lowest BCUT2D eigenvalue weighted by atomic mass is 10.2. The van der Waals surface area contributed by atoms with Crippen LogP contribution in [0.25, 0.3) is 0 Å². The van der Waals surface area contributed by atoms with E-state index in [9.17, 15) is 18.0 Å². The van der Waals surface area contributed by atoms with Gasteiger partial charge < -0.3 is 15.0 Å². The monoisotopic (exact) mass is 352 g/mol. The van der Waals surface area contributed by atoms with Crippen LogP contribution in [0.2, 0.25) is 0 Å². The molecule has 6 nitrogen and oxygen atoms in total. The van der Waals surface area contributed by atoms with Gasteiger partial charge in [0.15, 0.2) is 6.61 Å². The molecule has 2 aromatic rings. The lowest BCUT2D eigenvalue weighted by molar-refractivity contribution is -0.141. The summed E-state index contributed by atoms with van der Waals surface area (Å²) < 4.78 is 43.2. The normalized spacial score (nSPS) is 14.0. The number of carbonyl (C=O) groups is 1. The van der Waals surface area contributed by atoms with Crippen LogP contribution in [-0.4, -0.2) is 35.6 Å². The van der Waals surface area contributed by atoms with Crippen molar-refractivity contribution in [3.63, 3.8) is 0 Å². The SMILES string of the molecule is O=C1COc2ccccc2N1CCCNc1nccc(C(F)(F)F)n1. The van der Waals surface area contributed by atoms with E-state index in [0.29, 0.717) is 30.9 Å². The van der Waals surface area contributed by atoms with Gasteiger partial charge in [-0.15, -0.1) is 0 Å². The number of alkyl halides is 3. The predicted molar refractivity (Wildman–Crippen MR) is 84.4 cm³/mol. The first-order valence-corrected chi connectivity index (χ1v) is 7.61. The molecule has 0 radical (unpaired) electrons. The molecule has 2 heterocycles. The van der Waals surface area contributed by atoms with Gasteiger partial charge >= 0.3 is 6.18 Å². The van der Waals surface area contributed by atoms with Crippen molar-refractivity contribution in [1.82, 2.24) is 9.97 Å². The molecule has 1 N–H and O–H groups in total. The van der Waals surface area contributed by atoms with Crippen LogP contribution in [0, 0.1) is 0 Å². The summed E-state index contributed by atoms with van der Waals surface area (Å²) in [6.45, 7) is 0.709. The van der Waals surface area contributed by atoms with Crippen LogP contribution in [-0.2, 0) is 11.0 Å². The highest BCUT2D eigenvalue weighted by Gasteiger charge is 2.32. The fourth-order valence-electron chi connectivity index (χ4n) is 2.44. The molecular weight excluding hydrogens is 337 g/mol. The molecule has 9 heteroatoms. The largest absolute Gasteiger partial charge is 0.482 e. The maximum absolute atomic E-state index is 12.6. The number of benzene rings is 1. The fraction of sp³-hybridized carbons (Fsp3) is 0.312. The first-order chi connectivity index (χ1) is 11.9. The minimum Gasteiger partial charge on any atom is -0.482 e. The van der Waals surface area contributed by atoms with E-state index < -0.39 is 11.9 Å². The summed E-state index contributed by atoms with van der Waals surface area (Å²) in [5.41, 5.74) is -0.309. The third-order valence-electron chi connectivity index (χ3n) is 3.60. The number of rotatable bonds is 5. The summed E-state index contributed by atoms with van der Waals surface area (Å²) in [6, 6.07) is 8.01. The predicted octanol–water partition coefficient (Wildman–Crippen LogP) is 2.72. The number of nitrogens with one attached hydrogen (secondary N) is 1. The molecule has 0 unspecified atom stereocenters. The summed E-state index contributed by atoms with van der Waals surface area (Å²) in [7, 11) is 0. The first-order valence-electron chi connectivity index (χ1n) is 7.61. The van der Waals surface area contributed by atoms with Crippen LogP contribution in [0.15, 0.2) is 36.5 Å².